The van der Waals surface area contributed by atoms with Crippen LogP contribution in [0.3, 0.4) is 0 Å². The van der Waals surface area contributed by atoms with E-state index >= 15 is 0 Å². The van der Waals surface area contributed by atoms with Crippen molar-refractivity contribution in [2.24, 2.45) is 0 Å². The first-order chi connectivity index (χ1) is 14.7. The molecule has 1 fully saturated rings. The summed E-state index contributed by atoms with van der Waals surface area (Å²) in [4.78, 5) is 12.9. The van der Waals surface area contributed by atoms with Crippen LogP contribution in [0.5, 0.6) is 11.5 Å². The second-order valence-corrected chi connectivity index (χ2v) is 7.83. The number of hydrogen-bond acceptors (Lipinski definition) is 6. The lowest BCUT2D eigenvalue weighted by Gasteiger charge is -2.31. The molecule has 0 saturated heterocycles. The number of fused-ring (bicyclic) bond motifs is 1. The first-order valence-corrected chi connectivity index (χ1v) is 10.3. The Morgan fingerprint density at radius 2 is 1.90 bits per heavy atom. The van der Waals surface area contributed by atoms with Crippen LogP contribution < -0.4 is 14.8 Å². The molecule has 2 heterocycles. The van der Waals surface area contributed by atoms with Gasteiger partial charge in [-0.05, 0) is 59.2 Å². The lowest BCUT2D eigenvalue weighted by molar-refractivity contribution is 0.0943. The largest absolute Gasteiger partial charge is 0.486 e. The van der Waals surface area contributed by atoms with Gasteiger partial charge in [-0.1, -0.05) is 25.0 Å². The number of hydrogen-bond donors (Lipinski definition) is 1. The number of tetrazole rings is 1. The highest BCUT2D eigenvalue weighted by molar-refractivity contribution is 5.94. The standard InChI is InChI=1S/C22H23N5O3/c28-21(16-4-3-5-18(12-16)27-15-24-25-26-27)23-14-22(8-1-2-9-22)17-6-7-19-20(13-17)30-11-10-29-19/h3-7,12-13,15H,1-2,8-11,14H2,(H,23,28). The van der Waals surface area contributed by atoms with Gasteiger partial charge in [0.05, 0.1) is 5.69 Å². The molecule has 0 radical (unpaired) electrons. The second kappa shape index (κ2) is 7.78. The van der Waals surface area contributed by atoms with Crippen LogP contribution in [-0.2, 0) is 5.41 Å². The molecule has 0 unspecified atom stereocenters. The van der Waals surface area contributed by atoms with Crippen LogP contribution in [0.2, 0.25) is 0 Å². The smallest absolute Gasteiger partial charge is 0.251 e. The fraction of sp³-hybridized carbons (Fsp3) is 0.364. The molecule has 0 atom stereocenters. The summed E-state index contributed by atoms with van der Waals surface area (Å²) in [5, 5.41) is 14.3. The minimum atomic E-state index is -0.103. The number of rotatable bonds is 5. The number of amides is 1. The summed E-state index contributed by atoms with van der Waals surface area (Å²) in [6.07, 6.45) is 5.89. The Hall–Kier alpha value is -3.42. The molecule has 1 amide bonds. The molecule has 1 aliphatic carbocycles. The lowest BCUT2D eigenvalue weighted by atomic mass is 9.78. The minimum Gasteiger partial charge on any atom is -0.486 e. The molecule has 30 heavy (non-hydrogen) atoms. The van der Waals surface area contributed by atoms with E-state index in [1.165, 1.54) is 16.6 Å². The zero-order valence-corrected chi connectivity index (χ0v) is 16.6. The maximum Gasteiger partial charge on any atom is 0.251 e. The fourth-order valence-corrected chi connectivity index (χ4v) is 4.41. The fourth-order valence-electron chi connectivity index (χ4n) is 4.41. The monoisotopic (exact) mass is 405 g/mol. The lowest BCUT2D eigenvalue weighted by Crippen LogP contribution is -2.39. The maximum atomic E-state index is 12.9. The summed E-state index contributed by atoms with van der Waals surface area (Å²) in [6, 6.07) is 13.5. The van der Waals surface area contributed by atoms with Gasteiger partial charge < -0.3 is 14.8 Å². The van der Waals surface area contributed by atoms with Crippen molar-refractivity contribution < 1.29 is 14.3 Å². The molecule has 0 bridgehead atoms. The van der Waals surface area contributed by atoms with E-state index in [1.54, 1.807) is 12.1 Å². The summed E-state index contributed by atoms with van der Waals surface area (Å²) in [5.41, 5.74) is 2.44. The average Bonchev–Trinajstić information content (AvgIpc) is 3.50. The minimum absolute atomic E-state index is 0.0844. The molecular formula is C22H23N5O3. The number of benzene rings is 2. The summed E-state index contributed by atoms with van der Waals surface area (Å²) in [5.74, 6) is 1.49. The highest BCUT2D eigenvalue weighted by Gasteiger charge is 2.37. The van der Waals surface area contributed by atoms with E-state index in [2.05, 4.69) is 33.0 Å². The number of ether oxygens (including phenoxy) is 2. The van der Waals surface area contributed by atoms with Gasteiger partial charge in [-0.25, -0.2) is 4.68 Å². The van der Waals surface area contributed by atoms with Crippen molar-refractivity contribution in [3.05, 3.63) is 59.9 Å². The Labute approximate surface area is 174 Å². The first kappa shape index (κ1) is 18.6. The summed E-state index contributed by atoms with van der Waals surface area (Å²) in [6.45, 7) is 1.73. The highest BCUT2D eigenvalue weighted by atomic mass is 16.6. The van der Waals surface area contributed by atoms with E-state index in [9.17, 15) is 4.79 Å². The van der Waals surface area contributed by atoms with Gasteiger partial charge in [0.15, 0.2) is 11.5 Å². The topological polar surface area (TPSA) is 91.2 Å². The van der Waals surface area contributed by atoms with Crippen molar-refractivity contribution in [3.8, 4) is 17.2 Å². The van der Waals surface area contributed by atoms with Gasteiger partial charge in [0.2, 0.25) is 0 Å². The molecule has 1 N–H and O–H groups in total. The van der Waals surface area contributed by atoms with Crippen LogP contribution in [0.15, 0.2) is 48.8 Å². The molecule has 2 aromatic carbocycles. The van der Waals surface area contributed by atoms with Gasteiger partial charge in [-0.2, -0.15) is 0 Å². The molecule has 0 spiro atoms. The zero-order valence-electron chi connectivity index (χ0n) is 16.6. The second-order valence-electron chi connectivity index (χ2n) is 7.83. The Balaban J connectivity index is 1.35. The van der Waals surface area contributed by atoms with Crippen LogP contribution in [0, 0.1) is 0 Å². The van der Waals surface area contributed by atoms with Crippen molar-refractivity contribution in [1.29, 1.82) is 0 Å². The third-order valence-corrected chi connectivity index (χ3v) is 6.02. The number of nitrogens with zero attached hydrogens (tertiary/aromatic N) is 4. The van der Waals surface area contributed by atoms with Gasteiger partial charge in [-0.3, -0.25) is 4.79 Å². The predicted octanol–water partition coefficient (Wildman–Crippen LogP) is 2.68. The van der Waals surface area contributed by atoms with E-state index in [0.29, 0.717) is 25.3 Å². The van der Waals surface area contributed by atoms with E-state index in [4.69, 9.17) is 9.47 Å². The van der Waals surface area contributed by atoms with Crippen molar-refractivity contribution in [1.82, 2.24) is 25.5 Å². The van der Waals surface area contributed by atoms with Crippen LogP contribution in [0.4, 0.5) is 0 Å². The van der Waals surface area contributed by atoms with Crippen LogP contribution in [0.1, 0.15) is 41.6 Å². The highest BCUT2D eigenvalue weighted by Crippen LogP contribution is 2.43. The zero-order chi connectivity index (χ0) is 20.4. The Kier molecular flexibility index (Phi) is 4.82. The SMILES string of the molecule is O=C(NCC1(c2ccc3c(c2)OCCO3)CCCC1)c1cccc(-n2cnnn2)c1. The molecule has 1 aromatic heterocycles. The summed E-state index contributed by atoms with van der Waals surface area (Å²) < 4.78 is 13.0. The molecular weight excluding hydrogens is 382 g/mol. The predicted molar refractivity (Wildman–Crippen MR) is 109 cm³/mol. The van der Waals surface area contributed by atoms with E-state index in [0.717, 1.165) is 42.9 Å². The molecule has 3 aromatic rings. The average molecular weight is 405 g/mol. The molecule has 8 heteroatoms. The van der Waals surface area contributed by atoms with Crippen molar-refractivity contribution in [2.45, 2.75) is 31.1 Å². The Morgan fingerprint density at radius 1 is 1.07 bits per heavy atom. The van der Waals surface area contributed by atoms with Gasteiger partial charge in [-0.15, -0.1) is 5.10 Å². The third kappa shape index (κ3) is 3.49. The summed E-state index contributed by atoms with van der Waals surface area (Å²) >= 11 is 0. The Bertz CT molecular complexity index is 1040. The Morgan fingerprint density at radius 3 is 2.70 bits per heavy atom. The van der Waals surface area contributed by atoms with Crippen LogP contribution in [-0.4, -0.2) is 45.9 Å². The molecule has 2 aliphatic rings. The molecule has 5 rings (SSSR count). The number of carbonyl (C=O) groups is 1. The molecule has 154 valence electrons. The van der Waals surface area contributed by atoms with E-state index in [1.807, 2.05) is 18.2 Å². The molecule has 1 aliphatic heterocycles. The van der Waals surface area contributed by atoms with Crippen molar-refractivity contribution >= 4 is 5.91 Å². The van der Waals surface area contributed by atoms with E-state index in [-0.39, 0.29) is 11.3 Å². The van der Waals surface area contributed by atoms with Gasteiger partial charge >= 0.3 is 0 Å². The normalized spacial score (nSPS) is 16.9. The third-order valence-electron chi connectivity index (χ3n) is 6.02. The quantitative estimate of drug-likeness (QED) is 0.702. The van der Waals surface area contributed by atoms with Crippen molar-refractivity contribution in [2.75, 3.05) is 19.8 Å². The number of nitrogens with one attached hydrogen (secondary N) is 1. The maximum absolute atomic E-state index is 12.9. The van der Waals surface area contributed by atoms with Crippen LogP contribution >= 0.6 is 0 Å². The van der Waals surface area contributed by atoms with Gasteiger partial charge in [0.25, 0.3) is 5.91 Å². The molecule has 1 saturated carbocycles. The summed E-state index contributed by atoms with van der Waals surface area (Å²) in [7, 11) is 0. The number of carbonyl (C=O) groups excluding carboxylic acids is 1. The number of aromatic nitrogens is 4. The van der Waals surface area contributed by atoms with E-state index < -0.39 is 0 Å². The van der Waals surface area contributed by atoms with Gasteiger partial charge in [0.1, 0.15) is 19.5 Å². The van der Waals surface area contributed by atoms with Gasteiger partial charge in [0, 0.05) is 17.5 Å². The first-order valence-electron chi connectivity index (χ1n) is 10.3. The van der Waals surface area contributed by atoms with Crippen molar-refractivity contribution in [3.63, 3.8) is 0 Å². The van der Waals surface area contributed by atoms with Crippen LogP contribution in [0.25, 0.3) is 5.69 Å². The molecule has 8 nitrogen and oxygen atoms in total.